The normalized spacial score (nSPS) is 10.2. The van der Waals surface area contributed by atoms with Crippen molar-refractivity contribution in [2.24, 2.45) is 0 Å². The Hall–Kier alpha value is -3.47. The molecule has 5 nitrogen and oxygen atoms in total. The van der Waals surface area contributed by atoms with Crippen molar-refractivity contribution in [3.63, 3.8) is 0 Å². The molecule has 2 aromatic carbocycles. The molecular formula is C21H18N2O3. The number of carbonyl (C=O) groups is 2. The molecule has 3 aromatic rings. The second kappa shape index (κ2) is 8.07. The molecule has 5 heteroatoms. The molecule has 1 heterocycles. The van der Waals surface area contributed by atoms with Crippen LogP contribution in [0.25, 0.3) is 0 Å². The molecule has 130 valence electrons. The van der Waals surface area contributed by atoms with Crippen LogP contribution in [-0.4, -0.2) is 23.8 Å². The zero-order valence-corrected chi connectivity index (χ0v) is 14.3. The Labute approximate surface area is 151 Å². The molecule has 0 aliphatic heterocycles. The fourth-order valence-electron chi connectivity index (χ4n) is 2.56. The Morgan fingerprint density at radius 3 is 2.42 bits per heavy atom. The van der Waals surface area contributed by atoms with Gasteiger partial charge in [-0.05, 0) is 42.5 Å². The van der Waals surface area contributed by atoms with E-state index in [0.717, 1.165) is 0 Å². The maximum Gasteiger partial charge on any atom is 0.256 e. The fourth-order valence-corrected chi connectivity index (χ4v) is 2.56. The van der Waals surface area contributed by atoms with Gasteiger partial charge in [-0.25, -0.2) is 0 Å². The summed E-state index contributed by atoms with van der Waals surface area (Å²) in [5.41, 5.74) is 1.92. The topological polar surface area (TPSA) is 68.3 Å². The maximum atomic E-state index is 12.8. The van der Waals surface area contributed by atoms with E-state index in [1.54, 1.807) is 48.7 Å². The van der Waals surface area contributed by atoms with E-state index in [0.29, 0.717) is 28.3 Å². The molecule has 3 rings (SSSR count). The van der Waals surface area contributed by atoms with Crippen LogP contribution in [0.2, 0.25) is 0 Å². The lowest BCUT2D eigenvalue weighted by Crippen LogP contribution is -2.17. The molecule has 0 fully saturated rings. The Morgan fingerprint density at radius 1 is 0.962 bits per heavy atom. The van der Waals surface area contributed by atoms with Crippen molar-refractivity contribution < 1.29 is 14.3 Å². The number of ether oxygens (including phenoxy) is 1. The fraction of sp³-hybridized carbons (Fsp3) is 0.0952. The van der Waals surface area contributed by atoms with Crippen LogP contribution in [0.3, 0.4) is 0 Å². The number of ketones is 1. The van der Waals surface area contributed by atoms with Crippen LogP contribution in [0.1, 0.15) is 26.4 Å². The lowest BCUT2D eigenvalue weighted by molar-refractivity contribution is 0.0971. The van der Waals surface area contributed by atoms with Gasteiger partial charge in [0.1, 0.15) is 5.75 Å². The van der Waals surface area contributed by atoms with E-state index >= 15 is 0 Å². The Balaban J connectivity index is 1.90. The summed E-state index contributed by atoms with van der Waals surface area (Å²) in [5.74, 6) is -0.0188. The van der Waals surface area contributed by atoms with Crippen molar-refractivity contribution in [1.29, 1.82) is 0 Å². The van der Waals surface area contributed by atoms with Crippen LogP contribution in [-0.2, 0) is 6.42 Å². The van der Waals surface area contributed by atoms with Gasteiger partial charge >= 0.3 is 0 Å². The zero-order chi connectivity index (χ0) is 18.4. The van der Waals surface area contributed by atoms with Crippen molar-refractivity contribution in [3.8, 4) is 5.75 Å². The third kappa shape index (κ3) is 4.13. The second-order valence-corrected chi connectivity index (χ2v) is 5.65. The van der Waals surface area contributed by atoms with E-state index in [9.17, 15) is 9.59 Å². The summed E-state index contributed by atoms with van der Waals surface area (Å²) in [4.78, 5) is 29.6. The standard InChI is InChI=1S/C21H18N2O3/c1-26-17-10-11-18(21(25)23-15-7-3-2-4-8-15)19(14-17)20(24)13-16-9-5-6-12-22-16/h2-12,14H,13H2,1H3,(H,23,25). The Kier molecular flexibility index (Phi) is 5.39. The number of amides is 1. The first-order valence-electron chi connectivity index (χ1n) is 8.15. The largest absolute Gasteiger partial charge is 0.497 e. The van der Waals surface area contributed by atoms with Crippen LogP contribution >= 0.6 is 0 Å². The average Bonchev–Trinajstić information content (AvgIpc) is 2.69. The summed E-state index contributed by atoms with van der Waals surface area (Å²) in [7, 11) is 1.52. The Bertz CT molecular complexity index is 909. The quantitative estimate of drug-likeness (QED) is 0.690. The third-order valence-electron chi connectivity index (χ3n) is 3.87. The van der Waals surface area contributed by atoms with Crippen molar-refractivity contribution >= 4 is 17.4 Å². The molecule has 0 bridgehead atoms. The van der Waals surface area contributed by atoms with Gasteiger partial charge in [-0.1, -0.05) is 24.3 Å². The van der Waals surface area contributed by atoms with E-state index in [4.69, 9.17) is 4.74 Å². The molecule has 0 radical (unpaired) electrons. The average molecular weight is 346 g/mol. The smallest absolute Gasteiger partial charge is 0.256 e. The number of aromatic nitrogens is 1. The number of hydrogen-bond donors (Lipinski definition) is 1. The van der Waals surface area contributed by atoms with Gasteiger partial charge in [0.15, 0.2) is 5.78 Å². The predicted molar refractivity (Wildman–Crippen MR) is 99.7 cm³/mol. The summed E-state index contributed by atoms with van der Waals surface area (Å²) in [5, 5.41) is 2.81. The highest BCUT2D eigenvalue weighted by Gasteiger charge is 2.19. The predicted octanol–water partition coefficient (Wildman–Crippen LogP) is 3.77. The highest BCUT2D eigenvalue weighted by molar-refractivity contribution is 6.13. The SMILES string of the molecule is COc1ccc(C(=O)Nc2ccccc2)c(C(=O)Cc2ccccn2)c1. The van der Waals surface area contributed by atoms with Crippen molar-refractivity contribution in [2.75, 3.05) is 12.4 Å². The monoisotopic (exact) mass is 346 g/mol. The molecule has 1 aromatic heterocycles. The number of pyridine rings is 1. The maximum absolute atomic E-state index is 12.8. The van der Waals surface area contributed by atoms with E-state index in [-0.39, 0.29) is 18.1 Å². The van der Waals surface area contributed by atoms with Crippen LogP contribution < -0.4 is 10.1 Å². The van der Waals surface area contributed by atoms with Crippen LogP contribution in [0.5, 0.6) is 5.75 Å². The summed E-state index contributed by atoms with van der Waals surface area (Å²) < 4.78 is 5.21. The number of methoxy groups -OCH3 is 1. The molecule has 26 heavy (non-hydrogen) atoms. The van der Waals surface area contributed by atoms with Gasteiger partial charge in [-0.2, -0.15) is 0 Å². The molecule has 0 aliphatic carbocycles. The van der Waals surface area contributed by atoms with E-state index < -0.39 is 0 Å². The number of benzene rings is 2. The van der Waals surface area contributed by atoms with Crippen molar-refractivity contribution in [1.82, 2.24) is 4.98 Å². The molecule has 0 spiro atoms. The molecule has 1 N–H and O–H groups in total. The van der Waals surface area contributed by atoms with Gasteiger partial charge in [-0.3, -0.25) is 14.6 Å². The molecule has 0 atom stereocenters. The molecule has 0 aliphatic rings. The van der Waals surface area contributed by atoms with E-state index in [2.05, 4.69) is 10.3 Å². The summed E-state index contributed by atoms with van der Waals surface area (Å²) in [6.45, 7) is 0. The molecule has 1 amide bonds. The number of rotatable bonds is 6. The highest BCUT2D eigenvalue weighted by atomic mass is 16.5. The van der Waals surface area contributed by atoms with Gasteiger partial charge in [0.2, 0.25) is 0 Å². The minimum atomic E-state index is -0.344. The van der Waals surface area contributed by atoms with Gasteiger partial charge in [0, 0.05) is 23.1 Å². The van der Waals surface area contributed by atoms with Gasteiger partial charge in [0.05, 0.1) is 19.1 Å². The molecule has 0 saturated carbocycles. The van der Waals surface area contributed by atoms with Crippen LogP contribution in [0.4, 0.5) is 5.69 Å². The number of hydrogen-bond acceptors (Lipinski definition) is 4. The number of para-hydroxylation sites is 1. The summed E-state index contributed by atoms with van der Waals surface area (Å²) >= 11 is 0. The first kappa shape index (κ1) is 17.4. The lowest BCUT2D eigenvalue weighted by Gasteiger charge is -2.11. The highest BCUT2D eigenvalue weighted by Crippen LogP contribution is 2.21. The second-order valence-electron chi connectivity index (χ2n) is 5.65. The van der Waals surface area contributed by atoms with E-state index in [1.165, 1.54) is 7.11 Å². The van der Waals surface area contributed by atoms with Crippen molar-refractivity contribution in [3.05, 3.63) is 89.7 Å². The first-order valence-corrected chi connectivity index (χ1v) is 8.15. The van der Waals surface area contributed by atoms with Gasteiger partial charge < -0.3 is 10.1 Å². The zero-order valence-electron chi connectivity index (χ0n) is 14.3. The molecule has 0 saturated heterocycles. The first-order chi connectivity index (χ1) is 12.7. The van der Waals surface area contributed by atoms with Crippen molar-refractivity contribution in [2.45, 2.75) is 6.42 Å². The Morgan fingerprint density at radius 2 is 1.73 bits per heavy atom. The van der Waals surface area contributed by atoms with E-state index in [1.807, 2.05) is 24.3 Å². The minimum Gasteiger partial charge on any atom is -0.497 e. The number of nitrogens with one attached hydrogen (secondary N) is 1. The number of anilines is 1. The van der Waals surface area contributed by atoms with Crippen LogP contribution in [0.15, 0.2) is 72.9 Å². The molecular weight excluding hydrogens is 328 g/mol. The third-order valence-corrected chi connectivity index (χ3v) is 3.87. The summed E-state index contributed by atoms with van der Waals surface area (Å²) in [6, 6.07) is 19.3. The number of nitrogens with zero attached hydrogens (tertiary/aromatic N) is 1. The summed E-state index contributed by atoms with van der Waals surface area (Å²) in [6.07, 6.45) is 1.75. The minimum absolute atomic E-state index is 0.111. The lowest BCUT2D eigenvalue weighted by atomic mass is 9.99. The van der Waals surface area contributed by atoms with Gasteiger partial charge in [0.25, 0.3) is 5.91 Å². The van der Waals surface area contributed by atoms with Gasteiger partial charge in [-0.15, -0.1) is 0 Å². The van der Waals surface area contributed by atoms with Crippen LogP contribution in [0, 0.1) is 0 Å². The number of Topliss-reactive ketones (excluding diaryl/α,β-unsaturated/α-hetero) is 1. The molecule has 0 unspecified atom stereocenters. The number of carbonyl (C=O) groups excluding carboxylic acids is 2.